The van der Waals surface area contributed by atoms with Gasteiger partial charge >= 0.3 is 12.1 Å². The Bertz CT molecular complexity index is 671. The van der Waals surface area contributed by atoms with Crippen LogP contribution in [0.5, 0.6) is 0 Å². The van der Waals surface area contributed by atoms with Gasteiger partial charge in [0.1, 0.15) is 10.6 Å². The molecule has 0 atom stereocenters. The van der Waals surface area contributed by atoms with Crippen molar-refractivity contribution in [2.75, 3.05) is 13.1 Å². The predicted octanol–water partition coefficient (Wildman–Crippen LogP) is 1.12. The molecule has 23 heavy (non-hydrogen) atoms. The Morgan fingerprint density at radius 1 is 1.30 bits per heavy atom. The highest BCUT2D eigenvalue weighted by Gasteiger charge is 2.43. The number of piperidine rings is 1. The van der Waals surface area contributed by atoms with Gasteiger partial charge in [-0.15, -0.1) is 0 Å². The molecule has 1 aliphatic heterocycles. The number of hydrogen-bond donors (Lipinski definition) is 1. The lowest BCUT2D eigenvalue weighted by Gasteiger charge is -2.32. The highest BCUT2D eigenvalue weighted by Crippen LogP contribution is 2.23. The molecule has 1 saturated heterocycles. The van der Waals surface area contributed by atoms with Crippen LogP contribution in [0.3, 0.4) is 0 Å². The lowest BCUT2D eigenvalue weighted by atomic mass is 10.1. The topological polar surface area (TPSA) is 92.5 Å². The number of alkyl halides is 3. The number of hydrogen-bond acceptors (Lipinski definition) is 5. The van der Waals surface area contributed by atoms with E-state index < -0.39 is 28.1 Å². The molecule has 0 aliphatic carbocycles. The fourth-order valence-corrected chi connectivity index (χ4v) is 4.15. The number of carbonyl (C=O) groups excluding carboxylic acids is 1. The van der Waals surface area contributed by atoms with Gasteiger partial charge in [-0.25, -0.2) is 13.1 Å². The van der Waals surface area contributed by atoms with Crippen LogP contribution in [0.15, 0.2) is 9.42 Å². The van der Waals surface area contributed by atoms with E-state index in [1.54, 1.807) is 0 Å². The largest absolute Gasteiger partial charge is 0.471 e. The second-order valence-electron chi connectivity index (χ2n) is 5.34. The smallest absolute Gasteiger partial charge is 0.360 e. The SMILES string of the molecule is Cc1noc(C)c1S(=O)(=O)NC1CCN(C(=O)C(F)(F)F)CC1. The van der Waals surface area contributed by atoms with E-state index in [4.69, 9.17) is 4.52 Å². The minimum Gasteiger partial charge on any atom is -0.360 e. The van der Waals surface area contributed by atoms with Crippen molar-refractivity contribution in [3.63, 3.8) is 0 Å². The summed E-state index contributed by atoms with van der Waals surface area (Å²) in [5, 5.41) is 3.57. The van der Waals surface area contributed by atoms with Crippen molar-refractivity contribution >= 4 is 15.9 Å². The Hall–Kier alpha value is -1.62. The van der Waals surface area contributed by atoms with Gasteiger partial charge in [-0.05, 0) is 26.7 Å². The molecule has 130 valence electrons. The molecular weight excluding hydrogens is 339 g/mol. The number of nitrogens with one attached hydrogen (secondary N) is 1. The Balaban J connectivity index is 2.01. The first kappa shape index (κ1) is 17.7. The molecule has 0 radical (unpaired) electrons. The van der Waals surface area contributed by atoms with Gasteiger partial charge in [0.15, 0.2) is 5.76 Å². The van der Waals surface area contributed by atoms with Crippen molar-refractivity contribution in [3.05, 3.63) is 11.5 Å². The van der Waals surface area contributed by atoms with Crippen LogP contribution < -0.4 is 4.72 Å². The molecule has 0 aromatic carbocycles. The predicted molar refractivity (Wildman–Crippen MR) is 72.0 cm³/mol. The Kier molecular flexibility index (Phi) is 4.71. The Labute approximate surface area is 130 Å². The molecule has 1 aliphatic rings. The van der Waals surface area contributed by atoms with Gasteiger partial charge in [-0.1, -0.05) is 5.16 Å². The molecule has 2 rings (SSSR count). The van der Waals surface area contributed by atoms with Gasteiger partial charge < -0.3 is 9.42 Å². The maximum absolute atomic E-state index is 12.4. The fourth-order valence-electron chi connectivity index (χ4n) is 2.52. The number of nitrogens with zero attached hydrogens (tertiary/aromatic N) is 2. The third kappa shape index (κ3) is 3.83. The van der Waals surface area contributed by atoms with E-state index in [1.807, 2.05) is 0 Å². The molecule has 0 spiro atoms. The third-order valence-electron chi connectivity index (χ3n) is 3.58. The van der Waals surface area contributed by atoms with Crippen molar-refractivity contribution in [2.24, 2.45) is 0 Å². The van der Waals surface area contributed by atoms with Gasteiger partial charge in [0, 0.05) is 19.1 Å². The summed E-state index contributed by atoms with van der Waals surface area (Å²) in [5.41, 5.74) is 0.208. The first-order valence-electron chi connectivity index (χ1n) is 6.83. The molecular formula is C12H16F3N3O4S. The zero-order valence-electron chi connectivity index (χ0n) is 12.5. The van der Waals surface area contributed by atoms with E-state index >= 15 is 0 Å². The maximum Gasteiger partial charge on any atom is 0.471 e. The zero-order valence-corrected chi connectivity index (χ0v) is 13.3. The fraction of sp³-hybridized carbons (Fsp3) is 0.667. The second kappa shape index (κ2) is 6.11. The molecule has 1 N–H and O–H groups in total. The summed E-state index contributed by atoms with van der Waals surface area (Å²) in [7, 11) is -3.88. The van der Waals surface area contributed by atoms with Crippen LogP contribution >= 0.6 is 0 Å². The monoisotopic (exact) mass is 355 g/mol. The number of halogens is 3. The minimum absolute atomic E-state index is 0.0636. The van der Waals surface area contributed by atoms with Crippen LogP contribution in [0.25, 0.3) is 0 Å². The molecule has 1 amide bonds. The van der Waals surface area contributed by atoms with Crippen molar-refractivity contribution in [2.45, 2.75) is 43.8 Å². The zero-order chi connectivity index (χ0) is 17.4. The third-order valence-corrected chi connectivity index (χ3v) is 5.35. The first-order chi connectivity index (χ1) is 10.5. The van der Waals surface area contributed by atoms with Crippen LogP contribution in [0.2, 0.25) is 0 Å². The average Bonchev–Trinajstić information content (AvgIpc) is 2.77. The number of rotatable bonds is 3. The molecule has 11 heteroatoms. The van der Waals surface area contributed by atoms with Gasteiger partial charge in [0.2, 0.25) is 10.0 Å². The van der Waals surface area contributed by atoms with Crippen molar-refractivity contribution < 1.29 is 30.9 Å². The van der Waals surface area contributed by atoms with E-state index in [2.05, 4.69) is 9.88 Å². The van der Waals surface area contributed by atoms with Gasteiger partial charge in [0.05, 0.1) is 0 Å². The van der Waals surface area contributed by atoms with Crippen LogP contribution in [0.4, 0.5) is 13.2 Å². The van der Waals surface area contributed by atoms with E-state index in [0.717, 1.165) is 0 Å². The van der Waals surface area contributed by atoms with E-state index in [9.17, 15) is 26.4 Å². The molecule has 2 heterocycles. The van der Waals surface area contributed by atoms with Crippen LogP contribution in [0.1, 0.15) is 24.3 Å². The molecule has 1 aromatic rings. The summed E-state index contributed by atoms with van der Waals surface area (Å²) in [5.74, 6) is -1.76. The number of sulfonamides is 1. The highest BCUT2D eigenvalue weighted by molar-refractivity contribution is 7.89. The normalized spacial score (nSPS) is 17.5. The van der Waals surface area contributed by atoms with Gasteiger partial charge in [0.25, 0.3) is 0 Å². The Morgan fingerprint density at radius 2 is 1.87 bits per heavy atom. The number of likely N-dealkylation sites (tertiary alicyclic amines) is 1. The maximum atomic E-state index is 12.4. The molecule has 0 bridgehead atoms. The van der Waals surface area contributed by atoms with Gasteiger partial charge in [-0.3, -0.25) is 4.79 Å². The second-order valence-corrected chi connectivity index (χ2v) is 6.99. The summed E-state index contributed by atoms with van der Waals surface area (Å²) in [4.78, 5) is 11.7. The van der Waals surface area contributed by atoms with Gasteiger partial charge in [-0.2, -0.15) is 13.2 Å². The van der Waals surface area contributed by atoms with Crippen molar-refractivity contribution in [1.29, 1.82) is 0 Å². The molecule has 1 aromatic heterocycles. The molecule has 0 saturated carbocycles. The summed E-state index contributed by atoms with van der Waals surface area (Å²) >= 11 is 0. The molecule has 0 unspecified atom stereocenters. The lowest BCUT2D eigenvalue weighted by molar-refractivity contribution is -0.186. The molecule has 1 fully saturated rings. The summed E-state index contributed by atoms with van der Waals surface area (Å²) < 4.78 is 68.9. The number of aromatic nitrogens is 1. The van der Waals surface area contributed by atoms with Crippen LogP contribution in [0, 0.1) is 13.8 Å². The standard InChI is InChI=1S/C12H16F3N3O4S/c1-7-10(8(2)22-16-7)23(20,21)17-9-3-5-18(6-4-9)11(19)12(13,14)15/h9,17H,3-6H2,1-2H3. The number of carbonyl (C=O) groups is 1. The van der Waals surface area contributed by atoms with Crippen LogP contribution in [-0.4, -0.2) is 49.7 Å². The number of amides is 1. The van der Waals surface area contributed by atoms with Crippen LogP contribution in [-0.2, 0) is 14.8 Å². The van der Waals surface area contributed by atoms with E-state index in [-0.39, 0.29) is 42.3 Å². The first-order valence-corrected chi connectivity index (χ1v) is 8.32. The van der Waals surface area contributed by atoms with Crippen molar-refractivity contribution in [1.82, 2.24) is 14.8 Å². The average molecular weight is 355 g/mol. The quantitative estimate of drug-likeness (QED) is 0.877. The Morgan fingerprint density at radius 3 is 2.30 bits per heavy atom. The highest BCUT2D eigenvalue weighted by atomic mass is 32.2. The molecule has 7 nitrogen and oxygen atoms in total. The lowest BCUT2D eigenvalue weighted by Crippen LogP contribution is -2.50. The summed E-state index contributed by atoms with van der Waals surface area (Å²) in [6.45, 7) is 2.62. The number of aryl methyl sites for hydroxylation is 2. The van der Waals surface area contributed by atoms with E-state index in [1.165, 1.54) is 13.8 Å². The van der Waals surface area contributed by atoms with Crippen molar-refractivity contribution in [3.8, 4) is 0 Å². The minimum atomic E-state index is -4.91. The van der Waals surface area contributed by atoms with E-state index in [0.29, 0.717) is 4.90 Å². The summed E-state index contributed by atoms with van der Waals surface area (Å²) in [6.07, 6.45) is -4.71. The summed E-state index contributed by atoms with van der Waals surface area (Å²) in [6, 6.07) is -0.550.